The minimum Gasteiger partial charge on any atom is -0.386 e. The lowest BCUT2D eigenvalue weighted by molar-refractivity contribution is 0.0466. The topological polar surface area (TPSA) is 55.8 Å². The second-order valence-electron chi connectivity index (χ2n) is 5.44. The zero-order chi connectivity index (χ0) is 15.8. The van der Waals surface area contributed by atoms with Crippen LogP contribution in [0, 0.1) is 5.92 Å². The third-order valence-electron chi connectivity index (χ3n) is 3.51. The Balaban J connectivity index is 5.47. The fourth-order valence-electron chi connectivity index (χ4n) is 1.85. The van der Waals surface area contributed by atoms with Crippen LogP contribution in [0.5, 0.6) is 0 Å². The average molecular weight is 306 g/mol. The van der Waals surface area contributed by atoms with Crippen LogP contribution in [0.15, 0.2) is 11.4 Å². The van der Waals surface area contributed by atoms with Crippen molar-refractivity contribution in [3.8, 4) is 0 Å². The highest BCUT2D eigenvalue weighted by Gasteiger charge is 2.33. The Hall–Kier alpha value is -0.150. The summed E-state index contributed by atoms with van der Waals surface area (Å²) in [4.78, 5) is 0. The van der Waals surface area contributed by atoms with E-state index in [0.29, 0.717) is 19.6 Å². The highest BCUT2D eigenvalue weighted by atomic mass is 31.2. The standard InChI is InChI=1S/C15H31O4P/c1-7-10-11-14(15(6,16)13(4)5)12-20(17,18-8-2)19-9-3/h12-13,16H,7-11H2,1-6H3/b14-12+. The van der Waals surface area contributed by atoms with Crippen LogP contribution in [0.3, 0.4) is 0 Å². The van der Waals surface area contributed by atoms with Gasteiger partial charge in [-0.15, -0.1) is 0 Å². The number of unbranched alkanes of at least 4 members (excludes halogenated alkanes) is 1. The molecular formula is C15H31O4P. The Bertz CT molecular complexity index is 338. The third kappa shape index (κ3) is 6.09. The van der Waals surface area contributed by atoms with Gasteiger partial charge in [0.2, 0.25) is 0 Å². The van der Waals surface area contributed by atoms with Crippen LogP contribution in [0.25, 0.3) is 0 Å². The van der Waals surface area contributed by atoms with Gasteiger partial charge in [-0.25, -0.2) is 0 Å². The predicted molar refractivity (Wildman–Crippen MR) is 83.9 cm³/mol. The van der Waals surface area contributed by atoms with E-state index in [1.165, 1.54) is 5.82 Å². The molecule has 0 fully saturated rings. The van der Waals surface area contributed by atoms with Crippen molar-refractivity contribution in [2.45, 2.75) is 66.4 Å². The largest absolute Gasteiger partial charge is 0.386 e. The molecule has 0 saturated heterocycles. The molecule has 0 aliphatic rings. The maximum atomic E-state index is 12.6. The molecule has 0 amide bonds. The van der Waals surface area contributed by atoms with Gasteiger partial charge < -0.3 is 14.2 Å². The summed E-state index contributed by atoms with van der Waals surface area (Å²) in [6.45, 7) is 12.0. The van der Waals surface area contributed by atoms with Crippen molar-refractivity contribution in [3.05, 3.63) is 11.4 Å². The van der Waals surface area contributed by atoms with Gasteiger partial charge in [0.25, 0.3) is 0 Å². The number of hydrogen-bond donors (Lipinski definition) is 1. The zero-order valence-corrected chi connectivity index (χ0v) is 14.7. The molecule has 0 bridgehead atoms. The van der Waals surface area contributed by atoms with Crippen molar-refractivity contribution in [3.63, 3.8) is 0 Å². The molecular weight excluding hydrogens is 275 g/mol. The molecule has 1 N–H and O–H groups in total. The van der Waals surface area contributed by atoms with Crippen molar-refractivity contribution in [1.29, 1.82) is 0 Å². The number of rotatable bonds is 10. The molecule has 0 aromatic heterocycles. The SMILES string of the molecule is CCCC/C(=C\P(=O)(OCC)OCC)C(C)(O)C(C)C. The van der Waals surface area contributed by atoms with Gasteiger partial charge in [0.15, 0.2) is 0 Å². The van der Waals surface area contributed by atoms with E-state index in [1.54, 1.807) is 20.8 Å². The molecule has 0 aliphatic carbocycles. The molecule has 20 heavy (non-hydrogen) atoms. The van der Waals surface area contributed by atoms with Crippen LogP contribution in [0.1, 0.15) is 60.8 Å². The normalized spacial score (nSPS) is 16.5. The van der Waals surface area contributed by atoms with Crippen LogP contribution < -0.4 is 0 Å². The van der Waals surface area contributed by atoms with Crippen molar-refractivity contribution in [2.75, 3.05) is 13.2 Å². The van der Waals surface area contributed by atoms with E-state index in [2.05, 4.69) is 6.92 Å². The summed E-state index contributed by atoms with van der Waals surface area (Å²) in [6.07, 6.45) is 2.65. The number of hydrogen-bond acceptors (Lipinski definition) is 4. The molecule has 120 valence electrons. The zero-order valence-electron chi connectivity index (χ0n) is 13.8. The first-order chi connectivity index (χ1) is 9.23. The summed E-state index contributed by atoms with van der Waals surface area (Å²) in [6, 6.07) is 0. The molecule has 5 heteroatoms. The van der Waals surface area contributed by atoms with Gasteiger partial charge in [-0.3, -0.25) is 4.57 Å². The lowest BCUT2D eigenvalue weighted by atomic mass is 9.83. The molecule has 0 rings (SSSR count). The molecule has 4 nitrogen and oxygen atoms in total. The van der Waals surface area contributed by atoms with Crippen LogP contribution in [-0.4, -0.2) is 23.9 Å². The molecule has 0 heterocycles. The molecule has 0 radical (unpaired) electrons. The van der Waals surface area contributed by atoms with E-state index >= 15 is 0 Å². The second-order valence-corrected chi connectivity index (χ2v) is 7.29. The maximum Gasteiger partial charge on any atom is 0.354 e. The van der Waals surface area contributed by atoms with E-state index in [-0.39, 0.29) is 5.92 Å². The molecule has 0 aromatic rings. The van der Waals surface area contributed by atoms with Gasteiger partial charge in [0.1, 0.15) is 0 Å². The monoisotopic (exact) mass is 306 g/mol. The minimum atomic E-state index is -3.27. The van der Waals surface area contributed by atoms with Crippen LogP contribution in [0.2, 0.25) is 0 Å². The fraction of sp³-hybridized carbons (Fsp3) is 0.867. The van der Waals surface area contributed by atoms with Crippen LogP contribution in [-0.2, 0) is 13.6 Å². The van der Waals surface area contributed by atoms with Gasteiger partial charge in [0, 0.05) is 5.82 Å². The van der Waals surface area contributed by atoms with E-state index in [1.807, 2.05) is 13.8 Å². The van der Waals surface area contributed by atoms with Crippen molar-refractivity contribution in [2.24, 2.45) is 5.92 Å². The van der Waals surface area contributed by atoms with Crippen molar-refractivity contribution < 1.29 is 18.7 Å². The van der Waals surface area contributed by atoms with Gasteiger partial charge in [-0.2, -0.15) is 0 Å². The quantitative estimate of drug-likeness (QED) is 0.593. The summed E-state index contributed by atoms with van der Waals surface area (Å²) < 4.78 is 23.2. The molecule has 1 unspecified atom stereocenters. The molecule has 1 atom stereocenters. The van der Waals surface area contributed by atoms with Crippen LogP contribution in [0.4, 0.5) is 0 Å². The third-order valence-corrected chi connectivity index (χ3v) is 5.37. The summed E-state index contributed by atoms with van der Waals surface area (Å²) >= 11 is 0. The fourth-order valence-corrected chi connectivity index (χ4v) is 3.56. The summed E-state index contributed by atoms with van der Waals surface area (Å²) in [5.74, 6) is 1.57. The Morgan fingerprint density at radius 2 is 1.75 bits per heavy atom. The summed E-state index contributed by atoms with van der Waals surface area (Å²) in [5, 5.41) is 10.7. The maximum absolute atomic E-state index is 12.6. The summed E-state index contributed by atoms with van der Waals surface area (Å²) in [5.41, 5.74) is -0.251. The predicted octanol–water partition coefficient (Wildman–Crippen LogP) is 4.73. The Kier molecular flexibility index (Phi) is 8.92. The minimum absolute atomic E-state index is 0.0299. The Morgan fingerprint density at radius 3 is 2.10 bits per heavy atom. The van der Waals surface area contributed by atoms with Crippen molar-refractivity contribution >= 4 is 7.60 Å². The van der Waals surface area contributed by atoms with Gasteiger partial charge in [-0.1, -0.05) is 27.2 Å². The molecule has 0 aromatic carbocycles. The molecule has 0 saturated carbocycles. The van der Waals surface area contributed by atoms with Gasteiger partial charge >= 0.3 is 7.60 Å². The summed E-state index contributed by atoms with van der Waals surface area (Å²) in [7, 11) is -3.27. The first-order valence-corrected chi connectivity index (χ1v) is 9.18. The number of aliphatic hydroxyl groups is 1. The molecule has 0 spiro atoms. The average Bonchev–Trinajstić information content (AvgIpc) is 2.34. The smallest absolute Gasteiger partial charge is 0.354 e. The van der Waals surface area contributed by atoms with E-state index < -0.39 is 13.2 Å². The van der Waals surface area contributed by atoms with E-state index in [9.17, 15) is 9.67 Å². The molecule has 0 aliphatic heterocycles. The lowest BCUT2D eigenvalue weighted by Gasteiger charge is -2.32. The lowest BCUT2D eigenvalue weighted by Crippen LogP contribution is -2.33. The first-order valence-electron chi connectivity index (χ1n) is 7.56. The first kappa shape index (κ1) is 19.9. The second kappa shape index (κ2) is 8.99. The van der Waals surface area contributed by atoms with Gasteiger partial charge in [0.05, 0.1) is 18.8 Å². The van der Waals surface area contributed by atoms with Gasteiger partial charge in [-0.05, 0) is 45.1 Å². The highest BCUT2D eigenvalue weighted by Crippen LogP contribution is 2.52. The van der Waals surface area contributed by atoms with Crippen molar-refractivity contribution in [1.82, 2.24) is 0 Å². The Labute approximate surface area is 124 Å². The van der Waals surface area contributed by atoms with Crippen LogP contribution >= 0.6 is 7.60 Å². The highest BCUT2D eigenvalue weighted by molar-refractivity contribution is 7.57. The van der Waals surface area contributed by atoms with E-state index in [4.69, 9.17) is 9.05 Å². The van der Waals surface area contributed by atoms with E-state index in [0.717, 1.165) is 18.4 Å². The Morgan fingerprint density at radius 1 is 1.25 bits per heavy atom.